The lowest BCUT2D eigenvalue weighted by Gasteiger charge is -2.15. The summed E-state index contributed by atoms with van der Waals surface area (Å²) in [4.78, 5) is 21.7. The van der Waals surface area contributed by atoms with Gasteiger partial charge in [-0.15, -0.1) is 0 Å². The number of carbonyl (C=O) groups excluding carboxylic acids is 1. The first-order chi connectivity index (χ1) is 13.0. The van der Waals surface area contributed by atoms with Gasteiger partial charge in [-0.1, -0.05) is 24.3 Å². The van der Waals surface area contributed by atoms with Gasteiger partial charge in [0.2, 0.25) is 5.91 Å². The molecule has 27 heavy (non-hydrogen) atoms. The number of fused-ring (bicyclic) bond motifs is 1. The monoisotopic (exact) mass is 361 g/mol. The van der Waals surface area contributed by atoms with Crippen molar-refractivity contribution in [3.63, 3.8) is 0 Å². The van der Waals surface area contributed by atoms with Crippen LogP contribution >= 0.6 is 0 Å². The molecule has 2 heterocycles. The fourth-order valence-corrected chi connectivity index (χ4v) is 3.14. The van der Waals surface area contributed by atoms with Gasteiger partial charge in [-0.2, -0.15) is 0 Å². The Labute approximate surface area is 158 Å². The number of nitrogens with zero attached hydrogens (tertiary/aromatic N) is 3. The van der Waals surface area contributed by atoms with E-state index in [0.29, 0.717) is 18.9 Å². The topological polar surface area (TPSA) is 98.1 Å². The Morgan fingerprint density at radius 2 is 2.07 bits per heavy atom. The number of hydrogen-bond acceptors (Lipinski definition) is 5. The molecule has 3 aromatic rings. The minimum absolute atomic E-state index is 0.440. The fourth-order valence-electron chi connectivity index (χ4n) is 3.14. The van der Waals surface area contributed by atoms with Crippen LogP contribution < -0.4 is 11.5 Å². The van der Waals surface area contributed by atoms with Crippen molar-refractivity contribution in [1.29, 1.82) is 0 Å². The van der Waals surface area contributed by atoms with Crippen LogP contribution in [0.4, 0.5) is 5.82 Å². The van der Waals surface area contributed by atoms with Gasteiger partial charge in [0.05, 0.1) is 5.69 Å². The molecule has 0 bridgehead atoms. The number of benzene rings is 1. The highest BCUT2D eigenvalue weighted by Gasteiger charge is 2.11. The Morgan fingerprint density at radius 3 is 2.81 bits per heavy atom. The van der Waals surface area contributed by atoms with E-state index in [1.165, 1.54) is 6.08 Å². The van der Waals surface area contributed by atoms with Gasteiger partial charge in [0, 0.05) is 36.4 Å². The molecule has 0 unspecified atom stereocenters. The Balaban J connectivity index is 1.91. The van der Waals surface area contributed by atoms with Gasteiger partial charge in [-0.3, -0.25) is 14.7 Å². The number of nitrogen functional groups attached to an aromatic ring is 1. The predicted molar refractivity (Wildman–Crippen MR) is 109 cm³/mol. The largest absolute Gasteiger partial charge is 0.383 e. The van der Waals surface area contributed by atoms with Crippen molar-refractivity contribution in [3.05, 3.63) is 66.1 Å². The number of primary amides is 1. The number of pyridine rings is 2. The summed E-state index contributed by atoms with van der Waals surface area (Å²) in [6, 6.07) is 10.2. The molecule has 138 valence electrons. The predicted octanol–water partition coefficient (Wildman–Crippen LogP) is 2.66. The first-order valence-electron chi connectivity index (χ1n) is 8.69. The van der Waals surface area contributed by atoms with Crippen LogP contribution in [0.5, 0.6) is 0 Å². The number of nitrogens with two attached hydrogens (primary N) is 2. The number of carbonyl (C=O) groups is 1. The number of aryl methyl sites for hydroxylation is 1. The molecule has 6 heteroatoms. The van der Waals surface area contributed by atoms with Gasteiger partial charge in [0.15, 0.2) is 0 Å². The molecular formula is C21H23N5O. The van der Waals surface area contributed by atoms with Gasteiger partial charge in [-0.05, 0) is 48.7 Å². The number of amides is 1. The van der Waals surface area contributed by atoms with Crippen molar-refractivity contribution < 1.29 is 4.79 Å². The van der Waals surface area contributed by atoms with E-state index in [2.05, 4.69) is 27.0 Å². The standard InChI is InChI=1S/C21H23N5O/c1-14-8-9-24-21(23)20(14)17-6-3-5-15-11-16(25-12-18(15)17)13-26(2)10-4-7-19(22)27/h3-9,11-12H,10,13H2,1-2H3,(H2,22,27)(H2,23,24)/b7-4+. The first kappa shape index (κ1) is 18.5. The third kappa shape index (κ3) is 4.30. The van der Waals surface area contributed by atoms with Crippen LogP contribution in [-0.4, -0.2) is 34.4 Å². The number of likely N-dealkylation sites (N-methyl/N-ethyl adjacent to an activating group) is 1. The van der Waals surface area contributed by atoms with Crippen LogP contribution in [0.15, 0.2) is 54.9 Å². The highest BCUT2D eigenvalue weighted by atomic mass is 16.1. The SMILES string of the molecule is Cc1ccnc(N)c1-c1cccc2cc(CN(C)C/C=C/C(N)=O)ncc12. The lowest BCUT2D eigenvalue weighted by Crippen LogP contribution is -2.19. The van der Waals surface area contributed by atoms with Gasteiger partial charge in [0.1, 0.15) is 5.82 Å². The van der Waals surface area contributed by atoms with E-state index < -0.39 is 5.91 Å². The van der Waals surface area contributed by atoms with Crippen molar-refractivity contribution in [2.75, 3.05) is 19.3 Å². The van der Waals surface area contributed by atoms with Gasteiger partial charge in [-0.25, -0.2) is 4.98 Å². The third-order valence-electron chi connectivity index (χ3n) is 4.41. The van der Waals surface area contributed by atoms with Gasteiger partial charge < -0.3 is 11.5 Å². The summed E-state index contributed by atoms with van der Waals surface area (Å²) in [5, 5.41) is 2.14. The summed E-state index contributed by atoms with van der Waals surface area (Å²) in [6.45, 7) is 3.31. The van der Waals surface area contributed by atoms with E-state index in [-0.39, 0.29) is 0 Å². The number of anilines is 1. The maximum atomic E-state index is 10.8. The van der Waals surface area contributed by atoms with Crippen molar-refractivity contribution in [2.24, 2.45) is 5.73 Å². The Morgan fingerprint density at radius 1 is 1.26 bits per heavy atom. The molecule has 0 aliphatic rings. The van der Waals surface area contributed by atoms with Crippen molar-refractivity contribution in [2.45, 2.75) is 13.5 Å². The second kappa shape index (κ2) is 7.97. The maximum Gasteiger partial charge on any atom is 0.241 e. The average molecular weight is 361 g/mol. The number of rotatable bonds is 6. The second-order valence-electron chi connectivity index (χ2n) is 6.59. The minimum atomic E-state index is -0.440. The molecule has 0 radical (unpaired) electrons. The molecule has 0 atom stereocenters. The first-order valence-corrected chi connectivity index (χ1v) is 8.69. The minimum Gasteiger partial charge on any atom is -0.383 e. The molecule has 4 N–H and O–H groups in total. The summed E-state index contributed by atoms with van der Waals surface area (Å²) in [6.07, 6.45) is 6.73. The highest BCUT2D eigenvalue weighted by Crippen LogP contribution is 2.33. The van der Waals surface area contributed by atoms with Gasteiger partial charge in [0.25, 0.3) is 0 Å². The van der Waals surface area contributed by atoms with Crippen LogP contribution in [-0.2, 0) is 11.3 Å². The molecule has 0 aliphatic heterocycles. The van der Waals surface area contributed by atoms with E-state index in [4.69, 9.17) is 11.5 Å². The quantitative estimate of drug-likeness (QED) is 0.658. The van der Waals surface area contributed by atoms with E-state index in [1.54, 1.807) is 12.3 Å². The lowest BCUT2D eigenvalue weighted by atomic mass is 9.96. The van der Waals surface area contributed by atoms with E-state index in [0.717, 1.165) is 33.2 Å². The van der Waals surface area contributed by atoms with Gasteiger partial charge >= 0.3 is 0 Å². The molecule has 0 saturated carbocycles. The second-order valence-corrected chi connectivity index (χ2v) is 6.59. The van der Waals surface area contributed by atoms with E-state index in [1.807, 2.05) is 38.4 Å². The summed E-state index contributed by atoms with van der Waals surface area (Å²) in [5.41, 5.74) is 15.3. The molecule has 1 aromatic carbocycles. The molecule has 0 aliphatic carbocycles. The third-order valence-corrected chi connectivity index (χ3v) is 4.41. The molecule has 3 rings (SSSR count). The average Bonchev–Trinajstić information content (AvgIpc) is 2.61. The molecule has 6 nitrogen and oxygen atoms in total. The Kier molecular flexibility index (Phi) is 5.47. The van der Waals surface area contributed by atoms with Crippen LogP contribution in [0.3, 0.4) is 0 Å². The summed E-state index contributed by atoms with van der Waals surface area (Å²) < 4.78 is 0. The Bertz CT molecular complexity index is 992. The Hall–Kier alpha value is -3.25. The van der Waals surface area contributed by atoms with Crippen LogP contribution in [0.1, 0.15) is 11.3 Å². The van der Waals surface area contributed by atoms with E-state index in [9.17, 15) is 4.79 Å². The zero-order valence-corrected chi connectivity index (χ0v) is 15.5. The normalized spacial score (nSPS) is 11.5. The van der Waals surface area contributed by atoms with Crippen LogP contribution in [0.25, 0.3) is 21.9 Å². The number of hydrogen-bond donors (Lipinski definition) is 2. The number of aromatic nitrogens is 2. The van der Waals surface area contributed by atoms with Crippen molar-refractivity contribution in [3.8, 4) is 11.1 Å². The lowest BCUT2D eigenvalue weighted by molar-refractivity contribution is -0.113. The zero-order valence-electron chi connectivity index (χ0n) is 15.5. The molecular weight excluding hydrogens is 338 g/mol. The fraction of sp³-hybridized carbons (Fsp3) is 0.190. The van der Waals surface area contributed by atoms with E-state index >= 15 is 0 Å². The molecule has 0 fully saturated rings. The molecule has 1 amide bonds. The smallest absolute Gasteiger partial charge is 0.241 e. The molecule has 0 saturated heterocycles. The van der Waals surface area contributed by atoms with Crippen molar-refractivity contribution >= 4 is 22.5 Å². The summed E-state index contributed by atoms with van der Waals surface area (Å²) in [7, 11) is 1.97. The zero-order chi connectivity index (χ0) is 19.4. The van der Waals surface area contributed by atoms with Crippen molar-refractivity contribution in [1.82, 2.24) is 14.9 Å². The summed E-state index contributed by atoms with van der Waals surface area (Å²) >= 11 is 0. The van der Waals surface area contributed by atoms with Crippen LogP contribution in [0, 0.1) is 6.92 Å². The van der Waals surface area contributed by atoms with Crippen LogP contribution in [0.2, 0.25) is 0 Å². The molecule has 0 spiro atoms. The highest BCUT2D eigenvalue weighted by molar-refractivity contribution is 5.99. The maximum absolute atomic E-state index is 10.8. The molecule has 2 aromatic heterocycles. The summed E-state index contributed by atoms with van der Waals surface area (Å²) in [5.74, 6) is 0.0808.